The van der Waals surface area contributed by atoms with Gasteiger partial charge in [-0.25, -0.2) is 9.97 Å². The number of anilines is 3. The summed E-state index contributed by atoms with van der Waals surface area (Å²) in [5.41, 5.74) is 1.15. The third-order valence-electron chi connectivity index (χ3n) is 9.21. The monoisotopic (exact) mass is 595 g/mol. The zero-order valence-corrected chi connectivity index (χ0v) is 24.3. The summed E-state index contributed by atoms with van der Waals surface area (Å²) in [4.78, 5) is 21.6. The maximum atomic E-state index is 13.0. The van der Waals surface area contributed by atoms with Crippen LogP contribution >= 0.6 is 11.6 Å². The van der Waals surface area contributed by atoms with Gasteiger partial charge in [0, 0.05) is 50.2 Å². The predicted octanol–water partition coefficient (Wildman–Crippen LogP) is 6.03. The molecule has 2 heterocycles. The smallest absolute Gasteiger partial charge is 0.420 e. The molecule has 1 N–H and O–H groups in total. The lowest BCUT2D eigenvalue weighted by Crippen LogP contribution is -2.62. The molecule has 1 aliphatic heterocycles. The molecular weight excluding hydrogens is 559 g/mol. The number of halogens is 4. The number of hydrogen-bond donors (Lipinski definition) is 1. The molecular formula is C29H37ClF3N5O3. The number of alkyl halides is 3. The van der Waals surface area contributed by atoms with Crippen LogP contribution in [0.1, 0.15) is 44.6 Å². The van der Waals surface area contributed by atoms with Crippen molar-refractivity contribution in [1.29, 1.82) is 0 Å². The quantitative estimate of drug-likeness (QED) is 0.320. The molecule has 5 fully saturated rings. The topological polar surface area (TPSA) is 79.8 Å². The van der Waals surface area contributed by atoms with Gasteiger partial charge in [-0.05, 0) is 67.4 Å². The Bertz CT molecular complexity index is 1220. The lowest BCUT2D eigenvalue weighted by Gasteiger charge is -2.62. The summed E-state index contributed by atoms with van der Waals surface area (Å²) in [5, 5.41) is 2.28. The summed E-state index contributed by atoms with van der Waals surface area (Å²) in [6.45, 7) is 6.96. The van der Waals surface area contributed by atoms with Crippen molar-refractivity contribution in [3.63, 3.8) is 0 Å². The first-order chi connectivity index (χ1) is 19.5. The van der Waals surface area contributed by atoms with Crippen LogP contribution < -0.4 is 15.0 Å². The highest BCUT2D eigenvalue weighted by Crippen LogP contribution is 2.60. The second kappa shape index (κ2) is 11.8. The van der Waals surface area contributed by atoms with E-state index in [4.69, 9.17) is 21.1 Å². The number of nitrogens with one attached hydrogen (secondary N) is 1. The fourth-order valence-corrected chi connectivity index (χ4v) is 8.23. The largest absolute Gasteiger partial charge is 0.494 e. The molecule has 7 rings (SSSR count). The summed E-state index contributed by atoms with van der Waals surface area (Å²) in [6, 6.07) is 6.54. The standard InChI is InChI=1S/C27H33ClF3N5O.C2H4O2/c1-26-12-16-9-17(13-26)23(18(10-16)14-26)36-7-5-35(6-8-36)19-3-4-21(22(11-19)37-2)33-25-32-15-20(24(28)34-25)27(29,30)31;1-4-2-3/h3-4,11,15-18,23H,5-10,12-14H2,1-2H3,(H,32,33,34);2H,1H3. The Kier molecular flexibility index (Phi) is 8.57. The van der Waals surface area contributed by atoms with E-state index in [1.165, 1.54) is 39.2 Å². The van der Waals surface area contributed by atoms with Gasteiger partial charge in [-0.1, -0.05) is 18.5 Å². The fraction of sp³-hybridized carbons (Fsp3) is 0.621. The molecule has 2 aromatic rings. The first kappa shape index (κ1) is 29.7. The zero-order valence-electron chi connectivity index (χ0n) is 23.6. The highest BCUT2D eigenvalue weighted by molar-refractivity contribution is 6.30. The van der Waals surface area contributed by atoms with Crippen LogP contribution in [0, 0.1) is 23.2 Å². The zero-order chi connectivity index (χ0) is 29.4. The number of benzene rings is 1. The van der Waals surface area contributed by atoms with Gasteiger partial charge < -0.3 is 19.7 Å². The first-order valence-electron chi connectivity index (χ1n) is 14.0. The average Bonchev–Trinajstić information content (AvgIpc) is 2.92. The van der Waals surface area contributed by atoms with Gasteiger partial charge in [0.05, 0.1) is 19.9 Å². The Balaban J connectivity index is 0.000000794. The van der Waals surface area contributed by atoms with Crippen LogP contribution in [-0.4, -0.2) is 67.8 Å². The second-order valence-corrected chi connectivity index (χ2v) is 12.4. The number of ether oxygens (including phenoxy) is 2. The molecule has 4 aliphatic carbocycles. The molecule has 4 saturated carbocycles. The van der Waals surface area contributed by atoms with E-state index in [1.807, 2.05) is 18.2 Å². The van der Waals surface area contributed by atoms with E-state index in [2.05, 4.69) is 36.7 Å². The number of hydrogen-bond acceptors (Lipinski definition) is 8. The molecule has 8 nitrogen and oxygen atoms in total. The Morgan fingerprint density at radius 2 is 1.76 bits per heavy atom. The molecule has 12 heteroatoms. The van der Waals surface area contributed by atoms with E-state index in [9.17, 15) is 13.2 Å². The predicted molar refractivity (Wildman–Crippen MR) is 151 cm³/mol. The third-order valence-corrected chi connectivity index (χ3v) is 9.49. The fourth-order valence-electron chi connectivity index (χ4n) is 7.99. The van der Waals surface area contributed by atoms with Crippen molar-refractivity contribution in [1.82, 2.24) is 14.9 Å². The van der Waals surface area contributed by atoms with E-state index in [1.54, 1.807) is 7.11 Å². The minimum absolute atomic E-state index is 0.0257. The number of aromatic nitrogens is 2. The Morgan fingerprint density at radius 1 is 1.10 bits per heavy atom. The highest BCUT2D eigenvalue weighted by Gasteiger charge is 2.54. The van der Waals surface area contributed by atoms with Crippen molar-refractivity contribution in [3.05, 3.63) is 35.1 Å². The van der Waals surface area contributed by atoms with E-state index < -0.39 is 16.9 Å². The maximum absolute atomic E-state index is 13.0. The molecule has 5 aliphatic rings. The lowest BCUT2D eigenvalue weighted by molar-refractivity contribution is -0.138. The Hall–Kier alpha value is -2.79. The number of methoxy groups -OCH3 is 2. The molecule has 2 atom stereocenters. The minimum Gasteiger partial charge on any atom is -0.494 e. The number of piperazine rings is 1. The van der Waals surface area contributed by atoms with Gasteiger partial charge in [-0.3, -0.25) is 9.69 Å². The molecule has 1 aromatic heterocycles. The molecule has 224 valence electrons. The molecule has 41 heavy (non-hydrogen) atoms. The summed E-state index contributed by atoms with van der Waals surface area (Å²) < 4.78 is 48.3. The minimum atomic E-state index is -4.60. The molecule has 0 radical (unpaired) electrons. The van der Waals surface area contributed by atoms with Crippen molar-refractivity contribution in [2.45, 2.75) is 51.2 Å². The summed E-state index contributed by atoms with van der Waals surface area (Å²) in [7, 11) is 2.88. The van der Waals surface area contributed by atoms with Crippen LogP contribution in [0.3, 0.4) is 0 Å². The maximum Gasteiger partial charge on any atom is 0.420 e. The van der Waals surface area contributed by atoms with Gasteiger partial charge in [0.15, 0.2) is 0 Å². The Morgan fingerprint density at radius 3 is 2.29 bits per heavy atom. The number of nitrogens with zero attached hydrogens (tertiary/aromatic N) is 4. The van der Waals surface area contributed by atoms with Crippen LogP contribution in [0.2, 0.25) is 5.15 Å². The van der Waals surface area contributed by atoms with Crippen LogP contribution in [0.25, 0.3) is 0 Å². The average molecular weight is 596 g/mol. The summed E-state index contributed by atoms with van der Waals surface area (Å²) in [5.74, 6) is 3.24. The van der Waals surface area contributed by atoms with Gasteiger partial charge in [0.2, 0.25) is 5.95 Å². The molecule has 0 spiro atoms. The van der Waals surface area contributed by atoms with E-state index in [0.717, 1.165) is 55.7 Å². The van der Waals surface area contributed by atoms with Crippen molar-refractivity contribution in [2.75, 3.05) is 50.6 Å². The van der Waals surface area contributed by atoms with Gasteiger partial charge in [0.1, 0.15) is 16.5 Å². The van der Waals surface area contributed by atoms with Crippen molar-refractivity contribution in [3.8, 4) is 5.75 Å². The van der Waals surface area contributed by atoms with Crippen LogP contribution in [-0.2, 0) is 15.7 Å². The number of carbonyl (C=O) groups is 1. The summed E-state index contributed by atoms with van der Waals surface area (Å²) >= 11 is 5.74. The molecule has 2 unspecified atom stereocenters. The van der Waals surface area contributed by atoms with Crippen LogP contribution in [0.5, 0.6) is 5.75 Å². The van der Waals surface area contributed by atoms with Crippen molar-refractivity contribution >= 4 is 35.4 Å². The SMILES string of the molecule is COC=O.COc1cc(N2CCN(C3C4CC5CC3CC(C)(C5)C4)CC2)ccc1Nc1ncc(C(F)(F)F)c(Cl)n1. The Labute approximate surface area is 243 Å². The van der Waals surface area contributed by atoms with E-state index in [-0.39, 0.29) is 5.95 Å². The molecule has 1 aromatic carbocycles. The van der Waals surface area contributed by atoms with E-state index >= 15 is 0 Å². The van der Waals surface area contributed by atoms with Gasteiger partial charge >= 0.3 is 6.18 Å². The number of carbonyl (C=O) groups excluding carboxylic acids is 1. The second-order valence-electron chi connectivity index (χ2n) is 12.0. The normalized spacial score (nSPS) is 29.0. The van der Waals surface area contributed by atoms with Crippen LogP contribution in [0.4, 0.5) is 30.5 Å². The third kappa shape index (κ3) is 6.35. The van der Waals surface area contributed by atoms with Gasteiger partial charge in [0.25, 0.3) is 6.47 Å². The van der Waals surface area contributed by atoms with Crippen molar-refractivity contribution < 1.29 is 27.4 Å². The highest BCUT2D eigenvalue weighted by atomic mass is 35.5. The van der Waals surface area contributed by atoms with Crippen LogP contribution in [0.15, 0.2) is 24.4 Å². The van der Waals surface area contributed by atoms with Crippen molar-refractivity contribution in [2.24, 2.45) is 23.2 Å². The number of rotatable bonds is 6. The van der Waals surface area contributed by atoms with Gasteiger partial charge in [-0.2, -0.15) is 13.2 Å². The molecule has 4 bridgehead atoms. The van der Waals surface area contributed by atoms with E-state index in [0.29, 0.717) is 29.5 Å². The first-order valence-corrected chi connectivity index (χ1v) is 14.4. The van der Waals surface area contributed by atoms with Gasteiger partial charge in [-0.15, -0.1) is 0 Å². The lowest BCUT2D eigenvalue weighted by atomic mass is 9.48. The summed E-state index contributed by atoms with van der Waals surface area (Å²) in [6.07, 6.45) is 3.20. The molecule has 0 amide bonds. The molecule has 1 saturated heterocycles.